The van der Waals surface area contributed by atoms with Gasteiger partial charge in [-0.3, -0.25) is 9.59 Å². The van der Waals surface area contributed by atoms with E-state index in [0.29, 0.717) is 17.4 Å². The van der Waals surface area contributed by atoms with Crippen LogP contribution in [0.3, 0.4) is 0 Å². The molecule has 3 rings (SSSR count). The Morgan fingerprint density at radius 3 is 2.08 bits per heavy atom. The Morgan fingerprint density at radius 1 is 1.00 bits per heavy atom. The summed E-state index contributed by atoms with van der Waals surface area (Å²) in [5.74, 6) is 0.593. The topological polar surface area (TPSA) is 52.7 Å². The van der Waals surface area contributed by atoms with Gasteiger partial charge in [-0.25, -0.2) is 0 Å². The third kappa shape index (κ3) is 4.08. The number of nitrogens with zero attached hydrogens (tertiary/aromatic N) is 2. The van der Waals surface area contributed by atoms with Gasteiger partial charge in [0, 0.05) is 48.9 Å². The van der Waals surface area contributed by atoms with E-state index in [9.17, 15) is 9.59 Å². The average molecular weight is 329 g/mol. The van der Waals surface area contributed by atoms with Crippen molar-refractivity contribution < 1.29 is 9.59 Å². The molecule has 0 unspecified atom stereocenters. The van der Waals surface area contributed by atoms with Crippen molar-refractivity contribution in [2.24, 2.45) is 5.92 Å². The number of piperazine rings is 1. The maximum atomic E-state index is 12.2. The average Bonchev–Trinajstić information content (AvgIpc) is 3.38. The highest BCUT2D eigenvalue weighted by molar-refractivity contribution is 5.95. The summed E-state index contributed by atoms with van der Waals surface area (Å²) in [4.78, 5) is 28.5. The third-order valence-corrected chi connectivity index (χ3v) is 4.50. The molecule has 1 aromatic rings. The molecule has 1 heterocycles. The van der Waals surface area contributed by atoms with Gasteiger partial charge in [-0.15, -0.1) is 0 Å². The molecule has 1 saturated heterocycles. The molecule has 1 aliphatic heterocycles. The summed E-state index contributed by atoms with van der Waals surface area (Å²) in [6, 6.07) is 7.74. The summed E-state index contributed by atoms with van der Waals surface area (Å²) in [7, 11) is 0. The normalized spacial score (nSPS) is 18.5. The van der Waals surface area contributed by atoms with Crippen LogP contribution in [0.15, 0.2) is 24.3 Å². The lowest BCUT2D eigenvalue weighted by molar-refractivity contribution is -0.132. The van der Waals surface area contributed by atoms with Crippen LogP contribution in [0.1, 0.15) is 44.0 Å². The Kier molecular flexibility index (Phi) is 4.52. The van der Waals surface area contributed by atoms with Gasteiger partial charge in [0.25, 0.3) is 5.91 Å². The first-order valence-electron chi connectivity index (χ1n) is 8.80. The van der Waals surface area contributed by atoms with Crippen molar-refractivity contribution in [3.8, 4) is 0 Å². The third-order valence-electron chi connectivity index (χ3n) is 4.50. The highest BCUT2D eigenvalue weighted by atomic mass is 16.2. The fourth-order valence-electron chi connectivity index (χ4n) is 3.01. The van der Waals surface area contributed by atoms with E-state index in [1.165, 1.54) is 0 Å². The molecule has 2 amide bonds. The lowest BCUT2D eigenvalue weighted by atomic mass is 10.1. The SMILES string of the molecule is CC(C)(C)NC(=O)c1ccc(N2CCN(C(=O)C3CC3)CC2)cc1. The first-order chi connectivity index (χ1) is 11.3. The van der Waals surface area contributed by atoms with Crippen molar-refractivity contribution in [2.75, 3.05) is 31.1 Å². The van der Waals surface area contributed by atoms with Gasteiger partial charge in [0.05, 0.1) is 0 Å². The van der Waals surface area contributed by atoms with Gasteiger partial charge in [0.15, 0.2) is 0 Å². The second kappa shape index (κ2) is 6.46. The van der Waals surface area contributed by atoms with Crippen molar-refractivity contribution in [3.63, 3.8) is 0 Å². The van der Waals surface area contributed by atoms with Crippen molar-refractivity contribution in [3.05, 3.63) is 29.8 Å². The Labute approximate surface area is 144 Å². The molecular weight excluding hydrogens is 302 g/mol. The second-order valence-corrected chi connectivity index (χ2v) is 7.84. The Bertz CT molecular complexity index is 606. The minimum atomic E-state index is -0.236. The molecule has 130 valence electrons. The Balaban J connectivity index is 1.56. The van der Waals surface area contributed by atoms with E-state index in [1.54, 1.807) is 0 Å². The number of anilines is 1. The van der Waals surface area contributed by atoms with Gasteiger partial charge in [0.1, 0.15) is 0 Å². The van der Waals surface area contributed by atoms with Gasteiger partial charge in [-0.1, -0.05) is 0 Å². The summed E-state index contributed by atoms with van der Waals surface area (Å²) >= 11 is 0. The standard InChI is InChI=1S/C19H27N3O2/c1-19(2,3)20-17(23)14-6-8-16(9-7-14)21-10-12-22(13-11-21)18(24)15-4-5-15/h6-9,15H,4-5,10-13H2,1-3H3,(H,20,23). The first-order valence-corrected chi connectivity index (χ1v) is 8.80. The number of benzene rings is 1. The fourth-order valence-corrected chi connectivity index (χ4v) is 3.01. The van der Waals surface area contributed by atoms with Crippen molar-refractivity contribution in [1.82, 2.24) is 10.2 Å². The molecule has 1 N–H and O–H groups in total. The molecule has 24 heavy (non-hydrogen) atoms. The monoisotopic (exact) mass is 329 g/mol. The number of rotatable bonds is 3. The quantitative estimate of drug-likeness (QED) is 0.925. The molecule has 0 aromatic heterocycles. The number of nitrogens with one attached hydrogen (secondary N) is 1. The molecule has 0 atom stereocenters. The minimum Gasteiger partial charge on any atom is -0.368 e. The van der Waals surface area contributed by atoms with Crippen molar-refractivity contribution in [2.45, 2.75) is 39.2 Å². The summed E-state index contributed by atoms with van der Waals surface area (Å²) in [6.45, 7) is 9.21. The highest BCUT2D eigenvalue weighted by Gasteiger charge is 2.34. The minimum absolute atomic E-state index is 0.0473. The van der Waals surface area contributed by atoms with E-state index in [4.69, 9.17) is 0 Å². The largest absolute Gasteiger partial charge is 0.368 e. The Hall–Kier alpha value is -2.04. The second-order valence-electron chi connectivity index (χ2n) is 7.84. The number of hydrogen-bond acceptors (Lipinski definition) is 3. The zero-order chi connectivity index (χ0) is 17.3. The van der Waals surface area contributed by atoms with Gasteiger partial charge in [-0.2, -0.15) is 0 Å². The Morgan fingerprint density at radius 2 is 1.58 bits per heavy atom. The van der Waals surface area contributed by atoms with Crippen LogP contribution >= 0.6 is 0 Å². The van der Waals surface area contributed by atoms with Crippen LogP contribution in [0.5, 0.6) is 0 Å². The predicted octanol–water partition coefficient (Wildman–Crippen LogP) is 2.27. The summed E-state index contributed by atoms with van der Waals surface area (Å²) in [5.41, 5.74) is 1.55. The van der Waals surface area contributed by atoms with E-state index < -0.39 is 0 Å². The van der Waals surface area contributed by atoms with Crippen LogP contribution in [-0.2, 0) is 4.79 Å². The van der Waals surface area contributed by atoms with E-state index in [2.05, 4.69) is 10.2 Å². The zero-order valence-electron chi connectivity index (χ0n) is 14.8. The predicted molar refractivity (Wildman–Crippen MR) is 95.2 cm³/mol. The van der Waals surface area contributed by atoms with E-state index in [1.807, 2.05) is 49.9 Å². The van der Waals surface area contributed by atoms with Gasteiger partial charge >= 0.3 is 0 Å². The molecule has 2 fully saturated rings. The maximum absolute atomic E-state index is 12.2. The molecule has 1 aromatic carbocycles. The van der Waals surface area contributed by atoms with E-state index in [-0.39, 0.29) is 11.4 Å². The van der Waals surface area contributed by atoms with Crippen LogP contribution in [0.2, 0.25) is 0 Å². The van der Waals surface area contributed by atoms with Crippen LogP contribution in [0.4, 0.5) is 5.69 Å². The van der Waals surface area contributed by atoms with Crippen molar-refractivity contribution >= 4 is 17.5 Å². The van der Waals surface area contributed by atoms with Crippen molar-refractivity contribution in [1.29, 1.82) is 0 Å². The summed E-state index contributed by atoms with van der Waals surface area (Å²) in [6.07, 6.45) is 2.13. The van der Waals surface area contributed by atoms with Gasteiger partial charge in [0.2, 0.25) is 5.91 Å². The smallest absolute Gasteiger partial charge is 0.251 e. The van der Waals surface area contributed by atoms with Crippen LogP contribution in [-0.4, -0.2) is 48.4 Å². The summed E-state index contributed by atoms with van der Waals surface area (Å²) < 4.78 is 0. The van der Waals surface area contributed by atoms with Gasteiger partial charge < -0.3 is 15.1 Å². The zero-order valence-corrected chi connectivity index (χ0v) is 14.8. The number of amides is 2. The lowest BCUT2D eigenvalue weighted by Crippen LogP contribution is -2.49. The fraction of sp³-hybridized carbons (Fsp3) is 0.579. The maximum Gasteiger partial charge on any atom is 0.251 e. The van der Waals surface area contributed by atoms with Gasteiger partial charge in [-0.05, 0) is 57.9 Å². The first kappa shape index (κ1) is 16.8. The molecule has 0 bridgehead atoms. The van der Waals surface area contributed by atoms with Crippen LogP contribution in [0.25, 0.3) is 0 Å². The lowest BCUT2D eigenvalue weighted by Gasteiger charge is -2.36. The molecule has 2 aliphatic rings. The number of hydrogen-bond donors (Lipinski definition) is 1. The van der Waals surface area contributed by atoms with Crippen LogP contribution < -0.4 is 10.2 Å². The molecule has 1 aliphatic carbocycles. The van der Waals surface area contributed by atoms with E-state index >= 15 is 0 Å². The number of carbonyl (C=O) groups is 2. The molecule has 0 radical (unpaired) electrons. The molecule has 0 spiro atoms. The molecule has 5 heteroatoms. The number of carbonyl (C=O) groups excluding carboxylic acids is 2. The summed E-state index contributed by atoms with van der Waals surface area (Å²) in [5, 5.41) is 2.97. The van der Waals surface area contributed by atoms with E-state index in [0.717, 1.165) is 44.7 Å². The molecule has 5 nitrogen and oxygen atoms in total. The van der Waals surface area contributed by atoms with Crippen LogP contribution in [0, 0.1) is 5.92 Å². The molecule has 1 saturated carbocycles. The molecular formula is C19H27N3O2. The highest BCUT2D eigenvalue weighted by Crippen LogP contribution is 2.31.